The van der Waals surface area contributed by atoms with E-state index in [1.807, 2.05) is 0 Å². The van der Waals surface area contributed by atoms with E-state index in [-0.39, 0.29) is 0 Å². The van der Waals surface area contributed by atoms with Crippen molar-refractivity contribution in [2.75, 3.05) is 0 Å². The van der Waals surface area contributed by atoms with Crippen molar-refractivity contribution in [3.05, 3.63) is 0 Å². The van der Waals surface area contributed by atoms with Crippen molar-refractivity contribution in [2.24, 2.45) is 0 Å². The van der Waals surface area contributed by atoms with Gasteiger partial charge in [0.05, 0.1) is 0 Å². The molecular formula is CBrW5-. The second-order valence-electron chi connectivity index (χ2n) is 0.0772. The molecule has 0 amide bonds. The molecule has 0 aliphatic rings. The molecule has 0 aromatic carbocycles. The Bertz CT molecular complexity index is 27.3. The topological polar surface area (TPSA) is 0 Å². The molecule has 0 aromatic rings. The Labute approximate surface area is 101 Å². The Morgan fingerprint density at radius 1 is 1.00 bits per heavy atom. The van der Waals surface area contributed by atoms with Gasteiger partial charge in [0, 0.05) is 0 Å². The minimum absolute atomic E-state index is 1.34. The maximum absolute atomic E-state index is 2.93. The zero-order valence-electron chi connectivity index (χ0n) is 2.92. The molecule has 0 saturated carbocycles. The fourth-order valence-electron chi connectivity index (χ4n) is 0. The molecule has 0 fully saturated rings. The average Bonchev–Trinajstić information content (AvgIpc) is 1.78. The van der Waals surface area contributed by atoms with Crippen LogP contribution in [0.3, 0.4) is 0 Å². The monoisotopic (exact) mass is 1010 g/mol. The molecule has 0 aliphatic carbocycles. The maximum atomic E-state index is 2.93. The van der Waals surface area contributed by atoms with Gasteiger partial charge >= 0.3 is 103 Å². The quantitative estimate of drug-likeness (QED) is 0.312. The van der Waals surface area contributed by atoms with E-state index in [2.05, 4.69) is 19.2 Å². The van der Waals surface area contributed by atoms with Gasteiger partial charge in [-0.1, -0.05) is 0 Å². The molecule has 7 heavy (non-hydrogen) atoms. The molecular weight excluding hydrogens is 1010 g/mol. The van der Waals surface area contributed by atoms with E-state index in [4.69, 9.17) is 0 Å². The van der Waals surface area contributed by atoms with Crippen LogP contribution in [0.15, 0.2) is 0 Å². The molecule has 0 radical (unpaired) electrons. The van der Waals surface area contributed by atoms with Crippen LogP contribution in [-0.4, -0.2) is 3.31 Å². The zero-order valence-corrected chi connectivity index (χ0v) is 19.2. The Morgan fingerprint density at radius 2 is 1.00 bits per heavy atom. The van der Waals surface area contributed by atoms with Crippen molar-refractivity contribution in [3.63, 3.8) is 0 Å². The van der Waals surface area contributed by atoms with E-state index in [9.17, 15) is 0 Å². The molecule has 42 valence electrons. The fraction of sp³-hybridized carbons (Fsp3) is 0. The predicted octanol–water partition coefficient (Wildman–Crippen LogP) is 0.555. The summed E-state index contributed by atoms with van der Waals surface area (Å²) in [5.74, 6) is 0. The van der Waals surface area contributed by atoms with E-state index in [1.165, 1.54) is 19.4 Å². The third-order valence-corrected chi connectivity index (χ3v) is 0. The van der Waals surface area contributed by atoms with Gasteiger partial charge in [-0.2, -0.15) is 0 Å². The summed E-state index contributed by atoms with van der Waals surface area (Å²) in [6.07, 6.45) is 0. The molecule has 0 aromatic heterocycles. The summed E-state index contributed by atoms with van der Waals surface area (Å²) < 4.78 is 2.65. The summed E-state index contributed by atoms with van der Waals surface area (Å²) in [4.78, 5) is 0. The first-order valence-electron chi connectivity index (χ1n) is 0.726. The van der Waals surface area contributed by atoms with Crippen LogP contribution in [0.25, 0.3) is 0 Å². The molecule has 0 heterocycles. The third kappa shape index (κ3) is 41.3. The Kier molecular flexibility index (Phi) is 80.3. The van der Waals surface area contributed by atoms with Crippen molar-refractivity contribution in [1.82, 2.24) is 0 Å². The molecule has 0 bridgehead atoms. The number of hydrogen-bond acceptors (Lipinski definition) is 0. The fourth-order valence-corrected chi connectivity index (χ4v) is 0. The molecule has 0 nitrogen and oxygen atoms in total. The van der Waals surface area contributed by atoms with Crippen LogP contribution in [-0.2, 0) is 84.2 Å². The van der Waals surface area contributed by atoms with E-state index >= 15 is 0 Å². The number of halogens is 1. The van der Waals surface area contributed by atoms with Gasteiger partial charge < -0.3 is 0 Å². The van der Waals surface area contributed by atoms with Crippen LogP contribution in [0.2, 0.25) is 0 Å². The Balaban J connectivity index is -0.0000000360. The van der Waals surface area contributed by atoms with Gasteiger partial charge in [0.1, 0.15) is 0 Å². The summed E-state index contributed by atoms with van der Waals surface area (Å²) in [6, 6.07) is 0. The average molecular weight is 1010 g/mol. The first kappa shape index (κ1) is 17.0. The molecule has 0 unspecified atom stereocenters. The molecule has 0 atom stereocenters. The number of hydrogen-bond donors (Lipinski definition) is 0. The molecule has 0 rings (SSSR count). The second kappa shape index (κ2) is 33.0. The van der Waals surface area contributed by atoms with Crippen LogP contribution >= 0.6 is 15.9 Å². The van der Waals surface area contributed by atoms with Crippen LogP contribution in [0.4, 0.5) is 0 Å². The first-order chi connectivity index (χ1) is 3.41. The second-order valence-corrected chi connectivity index (χ2v) is 3.28. The van der Waals surface area contributed by atoms with Gasteiger partial charge in [-0.05, 0) is 0 Å². The van der Waals surface area contributed by atoms with E-state index in [0.717, 1.165) is 0 Å². The van der Waals surface area contributed by atoms with Crippen molar-refractivity contribution < 1.29 is 84.2 Å². The molecule has 0 N–H and O–H groups in total. The van der Waals surface area contributed by atoms with Crippen molar-refractivity contribution in [2.45, 2.75) is 0 Å². The summed E-state index contributed by atoms with van der Waals surface area (Å²) in [6.45, 7) is 0. The van der Waals surface area contributed by atoms with Crippen LogP contribution in [0, 0.1) is 0 Å². The standard InChI is InChI=1S/CBr.5W/c1-2;;;;;/q-1;;;;;. The SMILES string of the molecule is Br[C-]=[W].[W]=[W].[W]=[W]. The first-order valence-corrected chi connectivity index (χ1v) is 25.0. The van der Waals surface area contributed by atoms with E-state index in [0.29, 0.717) is 0 Å². The predicted molar refractivity (Wildman–Crippen MR) is 13.9 cm³/mol. The molecule has 0 saturated heterocycles. The Hall–Kier alpha value is 3.79. The normalized spacial score (nSPS) is 3.00. The Morgan fingerprint density at radius 3 is 1.00 bits per heavy atom. The summed E-state index contributed by atoms with van der Waals surface area (Å²) in [5, 5.41) is 0. The van der Waals surface area contributed by atoms with Crippen LogP contribution < -0.4 is 0 Å². The zero-order chi connectivity index (χ0) is 6.71. The van der Waals surface area contributed by atoms with Gasteiger partial charge in [-0.25, -0.2) is 0 Å². The number of rotatable bonds is 0. The van der Waals surface area contributed by atoms with Crippen LogP contribution in [0.5, 0.6) is 0 Å². The molecule has 0 aliphatic heterocycles. The summed E-state index contributed by atoms with van der Waals surface area (Å²) in [7, 11) is 0. The minimum atomic E-state index is 1.34. The van der Waals surface area contributed by atoms with Crippen LogP contribution in [0.1, 0.15) is 0 Å². The molecule has 0 spiro atoms. The van der Waals surface area contributed by atoms with Gasteiger partial charge in [-0.3, -0.25) is 0 Å². The van der Waals surface area contributed by atoms with E-state index in [1.54, 1.807) is 64.9 Å². The van der Waals surface area contributed by atoms with Gasteiger partial charge in [0.15, 0.2) is 0 Å². The van der Waals surface area contributed by atoms with Crippen molar-refractivity contribution >= 4 is 19.2 Å². The summed E-state index contributed by atoms with van der Waals surface area (Å²) >= 11 is 10.9. The summed E-state index contributed by atoms with van der Waals surface area (Å²) in [5.41, 5.74) is 0. The van der Waals surface area contributed by atoms with E-state index < -0.39 is 0 Å². The van der Waals surface area contributed by atoms with Gasteiger partial charge in [0.25, 0.3) is 0 Å². The third-order valence-electron chi connectivity index (χ3n) is 0. The van der Waals surface area contributed by atoms with Crippen molar-refractivity contribution in [1.29, 1.82) is 0 Å². The van der Waals surface area contributed by atoms with Gasteiger partial charge in [0.2, 0.25) is 0 Å². The van der Waals surface area contributed by atoms with Gasteiger partial charge in [-0.15, -0.1) is 0 Å². The molecule has 6 heteroatoms. The van der Waals surface area contributed by atoms with Crippen molar-refractivity contribution in [3.8, 4) is 0 Å².